The number of anilines is 1. The molecule has 1 rings (SSSR count). The molecule has 4 heteroatoms. The van der Waals surface area contributed by atoms with Crippen molar-refractivity contribution in [1.29, 1.82) is 0 Å². The number of amides is 1. The van der Waals surface area contributed by atoms with Crippen LogP contribution in [0.5, 0.6) is 0 Å². The highest BCUT2D eigenvalue weighted by atomic mass is 16.3. The highest BCUT2D eigenvalue weighted by molar-refractivity contribution is 5.94. The Labute approximate surface area is 128 Å². The molecule has 1 aromatic rings. The summed E-state index contributed by atoms with van der Waals surface area (Å²) in [5, 5.41) is 14.9. The minimum Gasteiger partial charge on any atom is -0.395 e. The molecule has 0 saturated carbocycles. The molecule has 0 bridgehead atoms. The molecule has 0 fully saturated rings. The SMILES string of the molecule is CCC(C)CC(CC)Nc1ccc(C(=O)NCCO)cc1. The first-order chi connectivity index (χ1) is 10.1. The minimum atomic E-state index is -0.151. The lowest BCUT2D eigenvalue weighted by atomic mass is 9.97. The van der Waals surface area contributed by atoms with Gasteiger partial charge in [0.2, 0.25) is 0 Å². The van der Waals surface area contributed by atoms with Crippen LogP contribution >= 0.6 is 0 Å². The van der Waals surface area contributed by atoms with Crippen molar-refractivity contribution in [3.8, 4) is 0 Å². The third kappa shape index (κ3) is 6.17. The van der Waals surface area contributed by atoms with E-state index in [0.717, 1.165) is 18.5 Å². The molecule has 0 heterocycles. The molecule has 3 N–H and O–H groups in total. The van der Waals surface area contributed by atoms with Crippen LogP contribution in [0.3, 0.4) is 0 Å². The number of nitrogens with one attached hydrogen (secondary N) is 2. The van der Waals surface area contributed by atoms with Crippen LogP contribution in [0.1, 0.15) is 50.4 Å². The lowest BCUT2D eigenvalue weighted by Crippen LogP contribution is -2.26. The van der Waals surface area contributed by atoms with Gasteiger partial charge in [-0.25, -0.2) is 0 Å². The summed E-state index contributed by atoms with van der Waals surface area (Å²) in [7, 11) is 0. The topological polar surface area (TPSA) is 61.4 Å². The molecule has 2 unspecified atom stereocenters. The molecule has 1 aromatic carbocycles. The van der Waals surface area contributed by atoms with Gasteiger partial charge in [0.15, 0.2) is 0 Å². The molecular weight excluding hydrogens is 264 g/mol. The van der Waals surface area contributed by atoms with Gasteiger partial charge < -0.3 is 15.7 Å². The van der Waals surface area contributed by atoms with E-state index in [-0.39, 0.29) is 19.1 Å². The molecule has 1 amide bonds. The van der Waals surface area contributed by atoms with E-state index < -0.39 is 0 Å². The maximum Gasteiger partial charge on any atom is 0.251 e. The fourth-order valence-electron chi connectivity index (χ4n) is 2.21. The van der Waals surface area contributed by atoms with Crippen LogP contribution in [-0.4, -0.2) is 30.2 Å². The number of benzene rings is 1. The van der Waals surface area contributed by atoms with Gasteiger partial charge in [-0.05, 0) is 43.0 Å². The Bertz CT molecular complexity index is 417. The van der Waals surface area contributed by atoms with Crippen molar-refractivity contribution in [1.82, 2.24) is 5.32 Å². The number of rotatable bonds is 9. The Morgan fingerprint density at radius 2 is 1.86 bits per heavy atom. The normalized spacial score (nSPS) is 13.5. The summed E-state index contributed by atoms with van der Waals surface area (Å²) >= 11 is 0. The summed E-state index contributed by atoms with van der Waals surface area (Å²) in [4.78, 5) is 11.7. The largest absolute Gasteiger partial charge is 0.395 e. The molecule has 0 aliphatic heterocycles. The van der Waals surface area contributed by atoms with Gasteiger partial charge in [0.05, 0.1) is 6.61 Å². The summed E-state index contributed by atoms with van der Waals surface area (Å²) in [6.45, 7) is 6.93. The Hall–Kier alpha value is -1.55. The zero-order chi connectivity index (χ0) is 15.7. The molecule has 0 saturated heterocycles. The molecule has 21 heavy (non-hydrogen) atoms. The van der Waals surface area contributed by atoms with Crippen LogP contribution in [-0.2, 0) is 0 Å². The first-order valence-corrected chi connectivity index (χ1v) is 7.86. The smallest absolute Gasteiger partial charge is 0.251 e. The van der Waals surface area contributed by atoms with Crippen molar-refractivity contribution >= 4 is 11.6 Å². The van der Waals surface area contributed by atoms with Crippen molar-refractivity contribution in [2.24, 2.45) is 5.92 Å². The number of aliphatic hydroxyl groups excluding tert-OH is 1. The van der Waals surface area contributed by atoms with Gasteiger partial charge in [0.25, 0.3) is 5.91 Å². The predicted octanol–water partition coefficient (Wildman–Crippen LogP) is 3.04. The highest BCUT2D eigenvalue weighted by Crippen LogP contribution is 2.18. The molecule has 0 aliphatic carbocycles. The van der Waals surface area contributed by atoms with Crippen LogP contribution < -0.4 is 10.6 Å². The molecule has 0 radical (unpaired) electrons. The van der Waals surface area contributed by atoms with E-state index >= 15 is 0 Å². The summed E-state index contributed by atoms with van der Waals surface area (Å²) in [6, 6.07) is 7.96. The zero-order valence-electron chi connectivity index (χ0n) is 13.4. The van der Waals surface area contributed by atoms with Crippen molar-refractivity contribution < 1.29 is 9.90 Å². The number of carbonyl (C=O) groups excluding carboxylic acids is 1. The van der Waals surface area contributed by atoms with Crippen molar-refractivity contribution in [2.75, 3.05) is 18.5 Å². The Morgan fingerprint density at radius 1 is 1.19 bits per heavy atom. The second-order valence-corrected chi connectivity index (χ2v) is 5.56. The number of hydrogen-bond donors (Lipinski definition) is 3. The lowest BCUT2D eigenvalue weighted by molar-refractivity contribution is 0.0945. The maximum absolute atomic E-state index is 11.7. The Morgan fingerprint density at radius 3 is 2.38 bits per heavy atom. The average molecular weight is 292 g/mol. The van der Waals surface area contributed by atoms with Crippen LogP contribution in [0, 0.1) is 5.92 Å². The molecule has 0 aromatic heterocycles. The van der Waals surface area contributed by atoms with Crippen molar-refractivity contribution in [3.63, 3.8) is 0 Å². The van der Waals surface area contributed by atoms with E-state index in [1.54, 1.807) is 0 Å². The van der Waals surface area contributed by atoms with E-state index in [4.69, 9.17) is 5.11 Å². The second kappa shape index (κ2) is 9.40. The van der Waals surface area contributed by atoms with E-state index in [1.807, 2.05) is 24.3 Å². The van der Waals surface area contributed by atoms with Gasteiger partial charge in [0.1, 0.15) is 0 Å². The van der Waals surface area contributed by atoms with Crippen LogP contribution in [0.2, 0.25) is 0 Å². The maximum atomic E-state index is 11.7. The third-order valence-corrected chi connectivity index (χ3v) is 3.79. The van der Waals surface area contributed by atoms with Crippen molar-refractivity contribution in [2.45, 2.75) is 46.1 Å². The van der Waals surface area contributed by atoms with E-state index in [0.29, 0.717) is 17.5 Å². The predicted molar refractivity (Wildman–Crippen MR) is 87.6 cm³/mol. The molecule has 0 spiro atoms. The van der Waals surface area contributed by atoms with Gasteiger partial charge in [-0.1, -0.05) is 27.2 Å². The van der Waals surface area contributed by atoms with Gasteiger partial charge in [-0.3, -0.25) is 4.79 Å². The first-order valence-electron chi connectivity index (χ1n) is 7.86. The minimum absolute atomic E-state index is 0.0425. The van der Waals surface area contributed by atoms with Gasteiger partial charge in [0, 0.05) is 23.8 Å². The first kappa shape index (κ1) is 17.5. The molecule has 118 valence electrons. The van der Waals surface area contributed by atoms with Crippen LogP contribution in [0.4, 0.5) is 5.69 Å². The number of carbonyl (C=O) groups is 1. The van der Waals surface area contributed by atoms with Gasteiger partial charge in [-0.2, -0.15) is 0 Å². The summed E-state index contributed by atoms with van der Waals surface area (Å²) in [5.74, 6) is 0.563. The fourth-order valence-corrected chi connectivity index (χ4v) is 2.21. The monoisotopic (exact) mass is 292 g/mol. The fraction of sp³-hybridized carbons (Fsp3) is 0.588. The third-order valence-electron chi connectivity index (χ3n) is 3.79. The summed E-state index contributed by atoms with van der Waals surface area (Å²) in [5.41, 5.74) is 1.66. The van der Waals surface area contributed by atoms with E-state index in [1.165, 1.54) is 6.42 Å². The van der Waals surface area contributed by atoms with Crippen LogP contribution in [0.15, 0.2) is 24.3 Å². The summed E-state index contributed by atoms with van der Waals surface area (Å²) in [6.07, 6.45) is 3.44. The number of hydrogen-bond acceptors (Lipinski definition) is 3. The quantitative estimate of drug-likeness (QED) is 0.655. The standard InChI is InChI=1S/C17H28N2O2/c1-4-13(3)12-15(5-2)19-16-8-6-14(7-9-16)17(21)18-10-11-20/h6-9,13,15,19-20H,4-5,10-12H2,1-3H3,(H,18,21). The summed E-state index contributed by atoms with van der Waals surface area (Å²) < 4.78 is 0. The van der Waals surface area contributed by atoms with E-state index in [2.05, 4.69) is 31.4 Å². The molecule has 0 aliphatic rings. The second-order valence-electron chi connectivity index (χ2n) is 5.56. The van der Waals surface area contributed by atoms with Crippen LogP contribution in [0.25, 0.3) is 0 Å². The lowest BCUT2D eigenvalue weighted by Gasteiger charge is -2.21. The highest BCUT2D eigenvalue weighted by Gasteiger charge is 2.11. The average Bonchev–Trinajstić information content (AvgIpc) is 2.52. The van der Waals surface area contributed by atoms with Crippen molar-refractivity contribution in [3.05, 3.63) is 29.8 Å². The Kier molecular flexibility index (Phi) is 7.83. The van der Waals surface area contributed by atoms with Gasteiger partial charge in [-0.15, -0.1) is 0 Å². The molecule has 2 atom stereocenters. The number of aliphatic hydroxyl groups is 1. The Balaban J connectivity index is 2.58. The molecular formula is C17H28N2O2. The van der Waals surface area contributed by atoms with Gasteiger partial charge >= 0.3 is 0 Å². The molecule has 4 nitrogen and oxygen atoms in total. The van der Waals surface area contributed by atoms with E-state index in [9.17, 15) is 4.79 Å². The zero-order valence-corrected chi connectivity index (χ0v) is 13.4.